The Bertz CT molecular complexity index is 990. The van der Waals surface area contributed by atoms with Crippen molar-refractivity contribution < 1.29 is 49.5 Å². The number of phenolic OH excluding ortho intramolecular Hbond substituents is 1. The maximum absolute atomic E-state index is 12.9. The molecule has 0 radical (unpaired) electrons. The van der Waals surface area contributed by atoms with Gasteiger partial charge in [0.05, 0.1) is 26.2 Å². The van der Waals surface area contributed by atoms with Crippen LogP contribution in [0.4, 0.5) is 0 Å². The number of hydrogen-bond acceptors (Lipinski definition) is 10. The van der Waals surface area contributed by atoms with Crippen LogP contribution in [0.3, 0.4) is 0 Å². The zero-order valence-corrected chi connectivity index (χ0v) is 22.1. The monoisotopic (exact) mass is 567 g/mol. The molecule has 1 atom stereocenters. The minimum absolute atomic E-state index is 0.00697. The Morgan fingerprint density at radius 1 is 0.625 bits per heavy atom. The van der Waals surface area contributed by atoms with Gasteiger partial charge in [0.15, 0.2) is 0 Å². The highest BCUT2D eigenvalue weighted by atomic mass is 16.4. The van der Waals surface area contributed by atoms with Crippen LogP contribution < -0.4 is 5.32 Å². The van der Waals surface area contributed by atoms with Gasteiger partial charge in [-0.05, 0) is 17.7 Å². The number of aromatic hydroxyl groups is 1. The van der Waals surface area contributed by atoms with Gasteiger partial charge in [0.2, 0.25) is 5.91 Å². The molecule has 1 aromatic rings. The van der Waals surface area contributed by atoms with E-state index < -0.39 is 35.8 Å². The third-order valence-electron chi connectivity index (χ3n) is 6.38. The molecule has 1 aliphatic rings. The van der Waals surface area contributed by atoms with Gasteiger partial charge in [0.25, 0.3) is 0 Å². The van der Waals surface area contributed by atoms with E-state index in [1.54, 1.807) is 31.7 Å². The Labute approximate surface area is 231 Å². The molecule has 1 aliphatic heterocycles. The highest BCUT2D eigenvalue weighted by Gasteiger charge is 2.24. The maximum atomic E-state index is 12.9. The average Bonchev–Trinajstić information content (AvgIpc) is 2.85. The van der Waals surface area contributed by atoms with Gasteiger partial charge < -0.3 is 30.8 Å². The van der Waals surface area contributed by atoms with E-state index in [1.807, 2.05) is 0 Å². The van der Waals surface area contributed by atoms with E-state index in [4.69, 9.17) is 0 Å². The third kappa shape index (κ3) is 12.8. The topological polar surface area (TPSA) is 211 Å². The Morgan fingerprint density at radius 3 is 1.30 bits per heavy atom. The van der Waals surface area contributed by atoms with Crippen molar-refractivity contribution in [3.8, 4) is 5.75 Å². The van der Waals surface area contributed by atoms with E-state index in [1.165, 1.54) is 12.1 Å². The van der Waals surface area contributed by atoms with Crippen molar-refractivity contribution in [3.63, 3.8) is 0 Å². The fraction of sp³-hybridized carbons (Fsp3) is 0.560. The van der Waals surface area contributed by atoms with E-state index in [-0.39, 0.29) is 90.7 Å². The van der Waals surface area contributed by atoms with Crippen molar-refractivity contribution in [2.75, 3.05) is 78.5 Å². The molecule has 15 heteroatoms. The lowest BCUT2D eigenvalue weighted by Crippen LogP contribution is -2.51. The van der Waals surface area contributed by atoms with Crippen molar-refractivity contribution in [1.29, 1.82) is 0 Å². The van der Waals surface area contributed by atoms with Gasteiger partial charge in [0, 0.05) is 58.8 Å². The number of carbonyl (C=O) groups excluding carboxylic acids is 1. The molecule has 1 amide bonds. The molecule has 222 valence electrons. The molecule has 0 saturated carbocycles. The predicted octanol–water partition coefficient (Wildman–Crippen LogP) is -2.02. The molecule has 0 aliphatic carbocycles. The van der Waals surface area contributed by atoms with E-state index >= 15 is 0 Å². The summed E-state index contributed by atoms with van der Waals surface area (Å²) in [5, 5.41) is 49.4. The minimum Gasteiger partial charge on any atom is -0.508 e. The van der Waals surface area contributed by atoms with E-state index in [0.29, 0.717) is 5.56 Å². The summed E-state index contributed by atoms with van der Waals surface area (Å²) in [5.74, 6) is -4.95. The molecular weight excluding hydrogens is 530 g/mol. The lowest BCUT2D eigenvalue weighted by molar-refractivity contribution is -0.142. The highest BCUT2D eigenvalue weighted by Crippen LogP contribution is 2.11. The second-order valence-corrected chi connectivity index (χ2v) is 9.61. The normalized spacial score (nSPS) is 17.7. The number of nitrogens with one attached hydrogen (secondary N) is 1. The molecule has 1 heterocycles. The Kier molecular flexibility index (Phi) is 13.2. The number of phenols is 1. The summed E-state index contributed by atoms with van der Waals surface area (Å²) in [6.45, 7) is 0.849. The van der Waals surface area contributed by atoms with Gasteiger partial charge >= 0.3 is 23.9 Å². The fourth-order valence-corrected chi connectivity index (χ4v) is 4.30. The van der Waals surface area contributed by atoms with Gasteiger partial charge in [-0.15, -0.1) is 0 Å². The van der Waals surface area contributed by atoms with Crippen molar-refractivity contribution in [2.24, 2.45) is 0 Å². The zero-order chi connectivity index (χ0) is 29.7. The Hall–Kier alpha value is -3.79. The molecular formula is C25H37N5O10. The number of benzene rings is 1. The number of nitrogens with zero attached hydrogens (tertiary/aromatic N) is 4. The number of aliphatic carboxylic acids is 4. The van der Waals surface area contributed by atoms with Gasteiger partial charge in [-0.2, -0.15) is 0 Å². The molecule has 0 aromatic heterocycles. The largest absolute Gasteiger partial charge is 0.508 e. The number of carboxylic acid groups (broad SMARTS) is 4. The molecule has 1 fully saturated rings. The first-order valence-electron chi connectivity index (χ1n) is 12.8. The van der Waals surface area contributed by atoms with Crippen molar-refractivity contribution in [3.05, 3.63) is 29.8 Å². The van der Waals surface area contributed by atoms with Crippen LogP contribution in [0.15, 0.2) is 24.3 Å². The minimum atomic E-state index is -1.23. The first-order valence-corrected chi connectivity index (χ1v) is 12.8. The zero-order valence-electron chi connectivity index (χ0n) is 22.1. The van der Waals surface area contributed by atoms with Crippen LogP contribution in [-0.2, 0) is 30.4 Å². The molecule has 1 saturated heterocycles. The Morgan fingerprint density at radius 2 is 0.975 bits per heavy atom. The smallest absolute Gasteiger partial charge is 0.326 e. The lowest BCUT2D eigenvalue weighted by atomic mass is 10.1. The van der Waals surface area contributed by atoms with Crippen LogP contribution in [-0.4, -0.2) is 159 Å². The molecule has 15 nitrogen and oxygen atoms in total. The summed E-state index contributed by atoms with van der Waals surface area (Å²) in [4.78, 5) is 65.4. The van der Waals surface area contributed by atoms with E-state index in [0.717, 1.165) is 0 Å². The summed E-state index contributed by atoms with van der Waals surface area (Å²) in [6.07, 6.45) is -0.00697. The summed E-state index contributed by atoms with van der Waals surface area (Å²) >= 11 is 0. The fourth-order valence-electron chi connectivity index (χ4n) is 4.30. The first kappa shape index (κ1) is 32.4. The van der Waals surface area contributed by atoms with Gasteiger partial charge in [-0.25, -0.2) is 4.79 Å². The molecule has 0 spiro atoms. The average molecular weight is 568 g/mol. The van der Waals surface area contributed by atoms with Crippen LogP contribution in [0.1, 0.15) is 5.56 Å². The van der Waals surface area contributed by atoms with Crippen LogP contribution in [0.25, 0.3) is 0 Å². The number of carbonyl (C=O) groups is 5. The van der Waals surface area contributed by atoms with Crippen LogP contribution in [0.2, 0.25) is 0 Å². The van der Waals surface area contributed by atoms with Crippen LogP contribution in [0, 0.1) is 0 Å². The van der Waals surface area contributed by atoms with E-state index in [2.05, 4.69) is 5.32 Å². The number of carboxylic acids is 4. The summed E-state index contributed by atoms with van der Waals surface area (Å²) in [6, 6.07) is 4.72. The number of hydrogen-bond donors (Lipinski definition) is 6. The highest BCUT2D eigenvalue weighted by molar-refractivity contribution is 5.84. The molecule has 1 aromatic carbocycles. The summed E-state index contributed by atoms with van der Waals surface area (Å²) in [7, 11) is 0. The SMILES string of the molecule is O=C(O)CN1CCN(CC(=O)O)CCN(CC(=O)N[C@@H](Cc2ccc(O)cc2)C(=O)O)CCN(CC(=O)O)CC1. The van der Waals surface area contributed by atoms with Crippen molar-refractivity contribution in [2.45, 2.75) is 12.5 Å². The lowest BCUT2D eigenvalue weighted by Gasteiger charge is -2.33. The summed E-state index contributed by atoms with van der Waals surface area (Å²) < 4.78 is 0. The Balaban J connectivity index is 2.13. The van der Waals surface area contributed by atoms with Gasteiger partial charge in [-0.1, -0.05) is 12.1 Å². The van der Waals surface area contributed by atoms with Crippen LogP contribution in [0.5, 0.6) is 5.75 Å². The van der Waals surface area contributed by atoms with Crippen LogP contribution >= 0.6 is 0 Å². The third-order valence-corrected chi connectivity index (χ3v) is 6.38. The van der Waals surface area contributed by atoms with Crippen molar-refractivity contribution >= 4 is 29.8 Å². The first-order chi connectivity index (χ1) is 18.9. The standard InChI is InChI=1S/C25H37N5O10/c31-19-3-1-18(2-4-19)13-20(25(39)40)26-21(32)14-27-5-7-28(15-22(33)34)9-11-30(17-24(37)38)12-10-29(8-6-27)16-23(35)36/h1-4,20,31H,5-17H2,(H,26,32)(H,33,34)(H,35,36)(H,37,38)(H,39,40)/t20-/m0/s1. The number of rotatable bonds is 12. The number of amides is 1. The maximum Gasteiger partial charge on any atom is 0.326 e. The van der Waals surface area contributed by atoms with E-state index in [9.17, 15) is 49.5 Å². The molecule has 40 heavy (non-hydrogen) atoms. The molecule has 6 N–H and O–H groups in total. The summed E-state index contributed by atoms with van der Waals surface area (Å²) in [5.41, 5.74) is 0.599. The predicted molar refractivity (Wildman–Crippen MR) is 140 cm³/mol. The van der Waals surface area contributed by atoms with Gasteiger partial charge in [-0.3, -0.25) is 38.8 Å². The second-order valence-electron chi connectivity index (χ2n) is 9.61. The van der Waals surface area contributed by atoms with Crippen molar-refractivity contribution in [1.82, 2.24) is 24.9 Å². The quantitative estimate of drug-likeness (QED) is 0.161. The van der Waals surface area contributed by atoms with Gasteiger partial charge in [0.1, 0.15) is 11.8 Å². The second kappa shape index (κ2) is 16.3. The molecule has 0 bridgehead atoms. The molecule has 2 rings (SSSR count). The molecule has 0 unspecified atom stereocenters.